The third kappa shape index (κ3) is 2.46. The van der Waals surface area contributed by atoms with Crippen molar-refractivity contribution in [2.75, 3.05) is 24.5 Å². The van der Waals surface area contributed by atoms with E-state index < -0.39 is 11.6 Å². The van der Waals surface area contributed by atoms with Crippen LogP contribution in [0.15, 0.2) is 18.2 Å². The number of hydrogen-bond acceptors (Lipinski definition) is 5. The predicted molar refractivity (Wildman–Crippen MR) is 82.2 cm³/mol. The lowest BCUT2D eigenvalue weighted by Gasteiger charge is -2.20. The molecule has 120 valence electrons. The Morgan fingerprint density at radius 3 is 2.70 bits per heavy atom. The van der Waals surface area contributed by atoms with Crippen LogP contribution in [0.25, 0.3) is 11.4 Å². The van der Waals surface area contributed by atoms with Crippen LogP contribution >= 0.6 is 11.5 Å². The maximum Gasteiger partial charge on any atom is 0.228 e. The molecule has 8 heteroatoms. The fourth-order valence-corrected chi connectivity index (χ4v) is 4.00. The Labute approximate surface area is 135 Å². The first-order chi connectivity index (χ1) is 11.1. The third-order valence-corrected chi connectivity index (χ3v) is 5.31. The van der Waals surface area contributed by atoms with Crippen molar-refractivity contribution in [2.24, 2.45) is 5.41 Å². The second-order valence-electron chi connectivity index (χ2n) is 6.02. The quantitative estimate of drug-likeness (QED) is 0.913. The second-order valence-corrected chi connectivity index (χ2v) is 6.75. The molecule has 2 aliphatic rings. The first-order valence-electron chi connectivity index (χ1n) is 7.39. The van der Waals surface area contributed by atoms with Crippen LogP contribution in [0.3, 0.4) is 0 Å². The summed E-state index contributed by atoms with van der Waals surface area (Å²) in [7, 11) is 0. The van der Waals surface area contributed by atoms with Gasteiger partial charge in [0, 0.05) is 42.8 Å². The lowest BCUT2D eigenvalue weighted by Crippen LogP contribution is -2.34. The molecule has 4 rings (SSSR count). The molecule has 2 aliphatic heterocycles. The lowest BCUT2D eigenvalue weighted by molar-refractivity contribution is -0.126. The Morgan fingerprint density at radius 2 is 2.00 bits per heavy atom. The maximum absolute atomic E-state index is 13.3. The largest absolute Gasteiger partial charge is 0.356 e. The van der Waals surface area contributed by atoms with Gasteiger partial charge in [-0.1, -0.05) is 0 Å². The van der Waals surface area contributed by atoms with Gasteiger partial charge in [0.05, 0.1) is 5.41 Å². The molecule has 1 atom stereocenters. The summed E-state index contributed by atoms with van der Waals surface area (Å²) in [5, 5.41) is 3.57. The van der Waals surface area contributed by atoms with Gasteiger partial charge in [0.2, 0.25) is 11.0 Å². The van der Waals surface area contributed by atoms with E-state index in [1.165, 1.54) is 23.7 Å². The summed E-state index contributed by atoms with van der Waals surface area (Å²) in [6, 6.07) is 3.25. The highest BCUT2D eigenvalue weighted by atomic mass is 32.1. The second kappa shape index (κ2) is 5.23. The Bertz CT molecular complexity index is 760. The highest BCUT2D eigenvalue weighted by Gasteiger charge is 2.48. The summed E-state index contributed by atoms with van der Waals surface area (Å²) in [5.41, 5.74) is -0.00547. The zero-order valence-corrected chi connectivity index (χ0v) is 13.0. The molecule has 0 aliphatic carbocycles. The maximum atomic E-state index is 13.3. The van der Waals surface area contributed by atoms with Gasteiger partial charge in [0.1, 0.15) is 11.6 Å². The fraction of sp³-hybridized carbons (Fsp3) is 0.400. The number of halogens is 2. The van der Waals surface area contributed by atoms with Crippen LogP contribution in [-0.2, 0) is 4.79 Å². The van der Waals surface area contributed by atoms with Crippen LogP contribution in [-0.4, -0.2) is 34.9 Å². The molecule has 5 nitrogen and oxygen atoms in total. The number of carbonyl (C=O) groups excluding carboxylic acids is 1. The minimum Gasteiger partial charge on any atom is -0.356 e. The first kappa shape index (κ1) is 14.5. The summed E-state index contributed by atoms with van der Waals surface area (Å²) in [5.74, 6) is -0.893. The zero-order valence-electron chi connectivity index (χ0n) is 12.2. The van der Waals surface area contributed by atoms with E-state index in [4.69, 9.17) is 0 Å². The average Bonchev–Trinajstić information content (AvgIpc) is 3.21. The Kier molecular flexibility index (Phi) is 3.29. The number of carbonyl (C=O) groups is 1. The Balaban J connectivity index is 1.58. The summed E-state index contributed by atoms with van der Waals surface area (Å²) in [4.78, 5) is 18.4. The van der Waals surface area contributed by atoms with Crippen LogP contribution in [0.1, 0.15) is 12.8 Å². The number of anilines is 1. The van der Waals surface area contributed by atoms with E-state index >= 15 is 0 Å². The van der Waals surface area contributed by atoms with E-state index in [9.17, 15) is 13.6 Å². The first-order valence-corrected chi connectivity index (χ1v) is 8.17. The number of nitrogens with one attached hydrogen (secondary N) is 1. The van der Waals surface area contributed by atoms with Crippen LogP contribution in [0.2, 0.25) is 0 Å². The van der Waals surface area contributed by atoms with Gasteiger partial charge in [0.15, 0.2) is 5.82 Å². The molecule has 2 aromatic rings. The number of hydrogen-bond donors (Lipinski definition) is 1. The zero-order chi connectivity index (χ0) is 16.0. The molecule has 3 heterocycles. The van der Waals surface area contributed by atoms with Crippen molar-refractivity contribution in [2.45, 2.75) is 12.8 Å². The van der Waals surface area contributed by atoms with Gasteiger partial charge in [0.25, 0.3) is 0 Å². The van der Waals surface area contributed by atoms with Crippen molar-refractivity contribution in [3.8, 4) is 11.4 Å². The van der Waals surface area contributed by atoms with E-state index in [0.29, 0.717) is 23.1 Å². The van der Waals surface area contributed by atoms with Gasteiger partial charge in [-0.2, -0.15) is 9.36 Å². The van der Waals surface area contributed by atoms with E-state index in [-0.39, 0.29) is 11.3 Å². The molecule has 1 aromatic carbocycles. The molecule has 2 saturated heterocycles. The summed E-state index contributed by atoms with van der Waals surface area (Å²) in [6.07, 6.45) is 1.63. The van der Waals surface area contributed by atoms with E-state index in [2.05, 4.69) is 14.7 Å². The SMILES string of the molecule is O=C1NCCC12CCN(c1nc(-c3cc(F)cc(F)c3)ns1)C2. The van der Waals surface area contributed by atoms with Gasteiger partial charge in [-0.25, -0.2) is 8.78 Å². The van der Waals surface area contributed by atoms with Crippen molar-refractivity contribution < 1.29 is 13.6 Å². The molecule has 2 fully saturated rings. The molecule has 0 bridgehead atoms. The van der Waals surface area contributed by atoms with Crippen molar-refractivity contribution >= 4 is 22.6 Å². The highest BCUT2D eigenvalue weighted by Crippen LogP contribution is 2.39. The van der Waals surface area contributed by atoms with Crippen LogP contribution < -0.4 is 10.2 Å². The van der Waals surface area contributed by atoms with Crippen molar-refractivity contribution in [1.82, 2.24) is 14.7 Å². The number of amides is 1. The topological polar surface area (TPSA) is 58.1 Å². The molecule has 1 amide bonds. The van der Waals surface area contributed by atoms with Crippen LogP contribution in [0.5, 0.6) is 0 Å². The molecule has 1 spiro atoms. The van der Waals surface area contributed by atoms with Gasteiger partial charge in [-0.15, -0.1) is 0 Å². The van der Waals surface area contributed by atoms with Crippen LogP contribution in [0, 0.1) is 17.0 Å². The van der Waals surface area contributed by atoms with Gasteiger partial charge < -0.3 is 10.2 Å². The lowest BCUT2D eigenvalue weighted by atomic mass is 9.86. The molecule has 1 N–H and O–H groups in total. The molecule has 0 radical (unpaired) electrons. The number of nitrogens with zero attached hydrogens (tertiary/aromatic N) is 3. The minimum absolute atomic E-state index is 0.108. The molecular formula is C15H14F2N4OS. The van der Waals surface area contributed by atoms with Crippen molar-refractivity contribution in [3.63, 3.8) is 0 Å². The van der Waals surface area contributed by atoms with Crippen molar-refractivity contribution in [3.05, 3.63) is 29.8 Å². The summed E-state index contributed by atoms with van der Waals surface area (Å²) >= 11 is 1.18. The fourth-order valence-electron chi connectivity index (χ4n) is 3.29. The number of benzene rings is 1. The number of rotatable bonds is 2. The van der Waals surface area contributed by atoms with E-state index in [1.54, 1.807) is 0 Å². The smallest absolute Gasteiger partial charge is 0.228 e. The normalized spacial score (nSPS) is 23.7. The molecular weight excluding hydrogens is 322 g/mol. The van der Waals surface area contributed by atoms with Crippen LogP contribution in [0.4, 0.5) is 13.9 Å². The predicted octanol–water partition coefficient (Wildman–Crippen LogP) is 2.20. The molecule has 0 saturated carbocycles. The molecule has 23 heavy (non-hydrogen) atoms. The van der Waals surface area contributed by atoms with E-state index in [1.807, 2.05) is 4.90 Å². The van der Waals surface area contributed by atoms with Gasteiger partial charge >= 0.3 is 0 Å². The average molecular weight is 336 g/mol. The summed E-state index contributed by atoms with van der Waals surface area (Å²) in [6.45, 7) is 2.07. The standard InChI is InChI=1S/C15H14F2N4OS/c16-10-5-9(6-11(17)7-10)12-19-14(23-20-12)21-4-2-15(8-21)1-3-18-13(15)22/h5-7H,1-4,8H2,(H,18,22). The monoisotopic (exact) mass is 336 g/mol. The Morgan fingerprint density at radius 1 is 1.22 bits per heavy atom. The number of aromatic nitrogens is 2. The third-order valence-electron chi connectivity index (χ3n) is 4.53. The minimum atomic E-state index is -0.654. The Hall–Kier alpha value is -2.09. The molecule has 1 aromatic heterocycles. The van der Waals surface area contributed by atoms with Gasteiger partial charge in [-0.3, -0.25) is 4.79 Å². The molecule has 1 unspecified atom stereocenters. The van der Waals surface area contributed by atoms with Gasteiger partial charge in [-0.05, 0) is 25.0 Å². The summed E-state index contributed by atoms with van der Waals surface area (Å²) < 4.78 is 30.8. The highest BCUT2D eigenvalue weighted by molar-refractivity contribution is 7.09. The van der Waals surface area contributed by atoms with Crippen molar-refractivity contribution in [1.29, 1.82) is 0 Å². The van der Waals surface area contributed by atoms with E-state index in [0.717, 1.165) is 32.0 Å².